The molecule has 0 atom stereocenters. The Bertz CT molecular complexity index is 330. The standard InChI is InChI=1S/C7H7ClN2O2/c8-6-5(7(11)12)3-10(9-6)4-1-2-4/h3-4H,1-2H2,(H,11,12). The van der Waals surface area contributed by atoms with Gasteiger partial charge in [0.1, 0.15) is 5.56 Å². The fourth-order valence-corrected chi connectivity index (χ4v) is 1.26. The van der Waals surface area contributed by atoms with Gasteiger partial charge in [0.15, 0.2) is 5.15 Å². The third-order valence-corrected chi connectivity index (χ3v) is 2.12. The molecule has 1 fully saturated rings. The molecule has 1 heterocycles. The zero-order chi connectivity index (χ0) is 8.72. The number of hydrogen-bond acceptors (Lipinski definition) is 2. The molecule has 0 radical (unpaired) electrons. The Balaban J connectivity index is 2.36. The number of nitrogens with zero attached hydrogens (tertiary/aromatic N) is 2. The van der Waals surface area contributed by atoms with E-state index < -0.39 is 5.97 Å². The highest BCUT2D eigenvalue weighted by molar-refractivity contribution is 6.32. The van der Waals surface area contributed by atoms with Crippen LogP contribution in [-0.2, 0) is 0 Å². The number of hydrogen-bond donors (Lipinski definition) is 1. The molecule has 64 valence electrons. The van der Waals surface area contributed by atoms with Gasteiger partial charge in [-0.1, -0.05) is 11.6 Å². The highest BCUT2D eigenvalue weighted by Crippen LogP contribution is 2.35. The van der Waals surface area contributed by atoms with E-state index in [4.69, 9.17) is 16.7 Å². The van der Waals surface area contributed by atoms with Crippen LogP contribution < -0.4 is 0 Å². The number of rotatable bonds is 2. The summed E-state index contributed by atoms with van der Waals surface area (Å²) in [7, 11) is 0. The fraction of sp³-hybridized carbons (Fsp3) is 0.429. The number of aromatic nitrogens is 2. The van der Waals surface area contributed by atoms with Crippen LogP contribution in [0.3, 0.4) is 0 Å². The van der Waals surface area contributed by atoms with E-state index in [-0.39, 0.29) is 10.7 Å². The van der Waals surface area contributed by atoms with E-state index in [1.54, 1.807) is 4.68 Å². The lowest BCUT2D eigenvalue weighted by molar-refractivity contribution is 0.0697. The molecule has 1 N–H and O–H groups in total. The zero-order valence-corrected chi connectivity index (χ0v) is 6.95. The largest absolute Gasteiger partial charge is 0.478 e. The van der Waals surface area contributed by atoms with Crippen molar-refractivity contribution in [3.63, 3.8) is 0 Å². The van der Waals surface area contributed by atoms with Crippen molar-refractivity contribution in [2.75, 3.05) is 0 Å². The van der Waals surface area contributed by atoms with Gasteiger partial charge in [0.05, 0.1) is 6.04 Å². The summed E-state index contributed by atoms with van der Waals surface area (Å²) < 4.78 is 1.63. The van der Waals surface area contributed by atoms with Crippen LogP contribution in [0, 0.1) is 0 Å². The molecule has 0 unspecified atom stereocenters. The van der Waals surface area contributed by atoms with Gasteiger partial charge in [-0.3, -0.25) is 4.68 Å². The third-order valence-electron chi connectivity index (χ3n) is 1.84. The van der Waals surface area contributed by atoms with Crippen LogP contribution in [0.1, 0.15) is 29.2 Å². The molecule has 0 aliphatic heterocycles. The van der Waals surface area contributed by atoms with Crippen molar-refractivity contribution in [3.05, 3.63) is 16.9 Å². The minimum absolute atomic E-state index is 0.0781. The van der Waals surface area contributed by atoms with Crippen molar-refractivity contribution in [1.82, 2.24) is 9.78 Å². The number of halogens is 1. The van der Waals surface area contributed by atoms with E-state index in [1.807, 2.05) is 0 Å². The number of aromatic carboxylic acids is 1. The van der Waals surface area contributed by atoms with Gasteiger partial charge >= 0.3 is 5.97 Å². The van der Waals surface area contributed by atoms with Crippen LogP contribution in [0.5, 0.6) is 0 Å². The summed E-state index contributed by atoms with van der Waals surface area (Å²) in [5.41, 5.74) is 0.0866. The van der Waals surface area contributed by atoms with Gasteiger partial charge in [-0.15, -0.1) is 0 Å². The number of carboxylic acid groups (broad SMARTS) is 1. The zero-order valence-electron chi connectivity index (χ0n) is 6.20. The van der Waals surface area contributed by atoms with Gasteiger partial charge in [0, 0.05) is 6.20 Å². The highest BCUT2D eigenvalue weighted by Gasteiger charge is 2.26. The molecular formula is C7H7ClN2O2. The molecule has 1 aliphatic carbocycles. The van der Waals surface area contributed by atoms with Crippen molar-refractivity contribution in [2.24, 2.45) is 0 Å². The minimum atomic E-state index is -1.02. The van der Waals surface area contributed by atoms with Crippen molar-refractivity contribution in [3.8, 4) is 0 Å². The Morgan fingerprint density at radius 2 is 2.42 bits per heavy atom. The lowest BCUT2D eigenvalue weighted by Crippen LogP contribution is -1.95. The van der Waals surface area contributed by atoms with Gasteiger partial charge in [0.2, 0.25) is 0 Å². The number of carboxylic acids is 1. The maximum atomic E-state index is 10.5. The number of carbonyl (C=O) groups is 1. The van der Waals surface area contributed by atoms with Crippen LogP contribution in [0.4, 0.5) is 0 Å². The molecule has 0 amide bonds. The first-order valence-corrected chi connectivity index (χ1v) is 4.04. The Kier molecular flexibility index (Phi) is 1.58. The average molecular weight is 187 g/mol. The monoisotopic (exact) mass is 186 g/mol. The molecule has 0 aromatic carbocycles. The second-order valence-electron chi connectivity index (χ2n) is 2.85. The summed E-state index contributed by atoms with van der Waals surface area (Å²) >= 11 is 5.60. The van der Waals surface area contributed by atoms with Crippen LogP contribution >= 0.6 is 11.6 Å². The van der Waals surface area contributed by atoms with Crippen molar-refractivity contribution in [2.45, 2.75) is 18.9 Å². The van der Waals surface area contributed by atoms with Crippen molar-refractivity contribution < 1.29 is 9.90 Å². The Morgan fingerprint density at radius 1 is 1.75 bits per heavy atom. The van der Waals surface area contributed by atoms with Gasteiger partial charge in [0.25, 0.3) is 0 Å². The van der Waals surface area contributed by atoms with Crippen molar-refractivity contribution >= 4 is 17.6 Å². The highest BCUT2D eigenvalue weighted by atomic mass is 35.5. The molecule has 2 rings (SSSR count). The van der Waals surface area contributed by atoms with Gasteiger partial charge in [-0.05, 0) is 12.8 Å². The summed E-state index contributed by atoms with van der Waals surface area (Å²) in [6.45, 7) is 0. The molecule has 0 saturated heterocycles. The first-order chi connectivity index (χ1) is 5.68. The van der Waals surface area contributed by atoms with E-state index in [2.05, 4.69) is 5.10 Å². The molecule has 1 saturated carbocycles. The maximum absolute atomic E-state index is 10.5. The first kappa shape index (κ1) is 7.61. The third kappa shape index (κ3) is 1.18. The summed E-state index contributed by atoms with van der Waals surface area (Å²) in [6, 6.07) is 0.371. The Morgan fingerprint density at radius 3 is 2.83 bits per heavy atom. The molecule has 0 bridgehead atoms. The molecule has 5 heteroatoms. The van der Waals surface area contributed by atoms with E-state index in [0.717, 1.165) is 12.8 Å². The molecule has 4 nitrogen and oxygen atoms in total. The lowest BCUT2D eigenvalue weighted by Gasteiger charge is -1.91. The maximum Gasteiger partial charge on any atom is 0.340 e. The molecule has 1 aliphatic rings. The quantitative estimate of drug-likeness (QED) is 0.763. The SMILES string of the molecule is O=C(O)c1cn(C2CC2)nc1Cl. The molecule has 1 aromatic rings. The van der Waals surface area contributed by atoms with Gasteiger partial charge < -0.3 is 5.11 Å². The lowest BCUT2D eigenvalue weighted by atomic mass is 10.4. The predicted octanol–water partition coefficient (Wildman–Crippen LogP) is 1.57. The van der Waals surface area contributed by atoms with Crippen LogP contribution in [0.2, 0.25) is 5.15 Å². The van der Waals surface area contributed by atoms with E-state index in [9.17, 15) is 4.79 Å². The van der Waals surface area contributed by atoms with Gasteiger partial charge in [-0.25, -0.2) is 4.79 Å². The average Bonchev–Trinajstić information content (AvgIpc) is 2.75. The van der Waals surface area contributed by atoms with E-state index >= 15 is 0 Å². The molecule has 1 aromatic heterocycles. The van der Waals surface area contributed by atoms with E-state index in [0.29, 0.717) is 6.04 Å². The Labute approximate surface area is 73.8 Å². The Hall–Kier alpha value is -1.03. The second kappa shape index (κ2) is 2.48. The van der Waals surface area contributed by atoms with E-state index in [1.165, 1.54) is 6.20 Å². The van der Waals surface area contributed by atoms with Crippen LogP contribution in [-0.4, -0.2) is 20.9 Å². The minimum Gasteiger partial charge on any atom is -0.478 e. The first-order valence-electron chi connectivity index (χ1n) is 3.66. The summed E-state index contributed by atoms with van der Waals surface area (Å²) in [6.07, 6.45) is 3.62. The fourth-order valence-electron chi connectivity index (χ4n) is 1.04. The topological polar surface area (TPSA) is 55.1 Å². The summed E-state index contributed by atoms with van der Waals surface area (Å²) in [4.78, 5) is 10.5. The molecular weight excluding hydrogens is 180 g/mol. The summed E-state index contributed by atoms with van der Waals surface area (Å²) in [5, 5.41) is 12.6. The van der Waals surface area contributed by atoms with Crippen LogP contribution in [0.15, 0.2) is 6.20 Å². The molecule has 12 heavy (non-hydrogen) atoms. The molecule has 0 spiro atoms. The summed E-state index contributed by atoms with van der Waals surface area (Å²) in [5.74, 6) is -1.02. The van der Waals surface area contributed by atoms with Gasteiger partial charge in [-0.2, -0.15) is 5.10 Å². The van der Waals surface area contributed by atoms with Crippen LogP contribution in [0.25, 0.3) is 0 Å². The smallest absolute Gasteiger partial charge is 0.340 e. The normalized spacial score (nSPS) is 16.4. The van der Waals surface area contributed by atoms with Crippen molar-refractivity contribution in [1.29, 1.82) is 0 Å². The predicted molar refractivity (Wildman–Crippen MR) is 42.5 cm³/mol. The second-order valence-corrected chi connectivity index (χ2v) is 3.21.